The third-order valence-corrected chi connectivity index (χ3v) is 3.47. The largest absolute Gasteiger partial charge is 0.493 e. The van der Waals surface area contributed by atoms with Crippen LogP contribution in [-0.4, -0.2) is 26.4 Å². The molecule has 2 rings (SSSR count). The molecule has 1 aliphatic heterocycles. The van der Waals surface area contributed by atoms with Crippen LogP contribution in [0.5, 0.6) is 5.75 Å². The summed E-state index contributed by atoms with van der Waals surface area (Å²) in [5.41, 5.74) is 2.54. The summed E-state index contributed by atoms with van der Waals surface area (Å²) in [5, 5.41) is 3.41. The number of benzene rings is 1. The number of ether oxygens (including phenoxy) is 2. The van der Waals surface area contributed by atoms with Crippen LogP contribution in [0.2, 0.25) is 0 Å². The Morgan fingerprint density at radius 3 is 3.05 bits per heavy atom. The molecule has 106 valence electrons. The smallest absolute Gasteiger partial charge is 0.127 e. The molecule has 0 spiro atoms. The minimum Gasteiger partial charge on any atom is -0.493 e. The molecule has 0 saturated heterocycles. The Kier molecular flexibility index (Phi) is 5.67. The molecule has 0 bridgehead atoms. The van der Waals surface area contributed by atoms with Crippen molar-refractivity contribution in [2.45, 2.75) is 26.8 Å². The molecule has 1 aromatic rings. The van der Waals surface area contributed by atoms with Crippen molar-refractivity contribution in [1.29, 1.82) is 0 Å². The maximum atomic E-state index is 5.70. The van der Waals surface area contributed by atoms with Gasteiger partial charge in [-0.25, -0.2) is 0 Å². The summed E-state index contributed by atoms with van der Waals surface area (Å²) in [6.45, 7) is 8.41. The summed E-state index contributed by atoms with van der Waals surface area (Å²) in [4.78, 5) is 0. The van der Waals surface area contributed by atoms with E-state index in [1.807, 2.05) is 0 Å². The lowest BCUT2D eigenvalue weighted by molar-refractivity contribution is 0.111. The van der Waals surface area contributed by atoms with E-state index >= 15 is 0 Å². The van der Waals surface area contributed by atoms with Crippen molar-refractivity contribution in [3.63, 3.8) is 0 Å². The number of rotatable bonds is 7. The quantitative estimate of drug-likeness (QED) is 0.780. The molecule has 1 N–H and O–H groups in total. The third-order valence-electron chi connectivity index (χ3n) is 3.02. The van der Waals surface area contributed by atoms with Gasteiger partial charge in [0.2, 0.25) is 0 Å². The molecule has 3 nitrogen and oxygen atoms in total. The van der Waals surface area contributed by atoms with Crippen molar-refractivity contribution in [1.82, 2.24) is 5.32 Å². The Hall–Kier alpha value is -0.580. The SMILES string of the molecule is CC(C)COCCNCc1cc(Br)cc2c1OCC2. The lowest BCUT2D eigenvalue weighted by Crippen LogP contribution is -2.20. The van der Waals surface area contributed by atoms with Crippen molar-refractivity contribution in [2.24, 2.45) is 5.92 Å². The van der Waals surface area contributed by atoms with Gasteiger partial charge in [0.05, 0.1) is 13.2 Å². The zero-order valence-electron chi connectivity index (χ0n) is 11.7. The third kappa shape index (κ3) is 4.48. The van der Waals surface area contributed by atoms with E-state index in [9.17, 15) is 0 Å². The van der Waals surface area contributed by atoms with Gasteiger partial charge in [-0.1, -0.05) is 29.8 Å². The molecule has 0 radical (unpaired) electrons. The molecule has 0 unspecified atom stereocenters. The topological polar surface area (TPSA) is 30.5 Å². The molecule has 0 saturated carbocycles. The molecule has 1 aliphatic rings. The van der Waals surface area contributed by atoms with Gasteiger partial charge in [-0.3, -0.25) is 0 Å². The highest BCUT2D eigenvalue weighted by molar-refractivity contribution is 9.10. The van der Waals surface area contributed by atoms with Gasteiger partial charge in [0.1, 0.15) is 5.75 Å². The minimum absolute atomic E-state index is 0.599. The number of hydrogen-bond donors (Lipinski definition) is 1. The summed E-state index contributed by atoms with van der Waals surface area (Å²) in [6, 6.07) is 4.28. The maximum absolute atomic E-state index is 5.70. The van der Waals surface area contributed by atoms with E-state index in [4.69, 9.17) is 9.47 Å². The first-order chi connectivity index (χ1) is 9.16. The molecular formula is C15H22BrNO2. The van der Waals surface area contributed by atoms with Crippen LogP contribution in [0.25, 0.3) is 0 Å². The fourth-order valence-electron chi connectivity index (χ4n) is 2.16. The first-order valence-electron chi connectivity index (χ1n) is 6.89. The van der Waals surface area contributed by atoms with Crippen LogP contribution >= 0.6 is 15.9 Å². The van der Waals surface area contributed by atoms with Gasteiger partial charge in [0, 0.05) is 36.2 Å². The number of hydrogen-bond acceptors (Lipinski definition) is 3. The van der Waals surface area contributed by atoms with E-state index in [-0.39, 0.29) is 0 Å². The summed E-state index contributed by atoms with van der Waals surface area (Å²) in [7, 11) is 0. The highest BCUT2D eigenvalue weighted by atomic mass is 79.9. The molecule has 0 fully saturated rings. The van der Waals surface area contributed by atoms with Gasteiger partial charge in [-0.05, 0) is 23.6 Å². The van der Waals surface area contributed by atoms with E-state index in [0.717, 1.165) is 49.6 Å². The predicted octanol–water partition coefficient (Wildman–Crippen LogP) is 3.15. The molecule has 0 amide bonds. The number of nitrogens with one attached hydrogen (secondary N) is 1. The fourth-order valence-corrected chi connectivity index (χ4v) is 2.72. The highest BCUT2D eigenvalue weighted by Crippen LogP contribution is 2.32. The van der Waals surface area contributed by atoms with Crippen LogP contribution in [0.3, 0.4) is 0 Å². The van der Waals surface area contributed by atoms with Crippen LogP contribution in [0.4, 0.5) is 0 Å². The summed E-state index contributed by atoms with van der Waals surface area (Å²) in [6.07, 6.45) is 1.01. The fraction of sp³-hybridized carbons (Fsp3) is 0.600. The molecule has 0 aromatic heterocycles. The molecule has 1 aromatic carbocycles. The van der Waals surface area contributed by atoms with Crippen LogP contribution in [-0.2, 0) is 17.7 Å². The second kappa shape index (κ2) is 7.27. The average molecular weight is 328 g/mol. The number of fused-ring (bicyclic) bond motifs is 1. The summed E-state index contributed by atoms with van der Waals surface area (Å²) in [5.74, 6) is 1.67. The molecular weight excluding hydrogens is 306 g/mol. The first-order valence-corrected chi connectivity index (χ1v) is 7.68. The van der Waals surface area contributed by atoms with Crippen molar-refractivity contribution in [3.05, 3.63) is 27.7 Å². The maximum Gasteiger partial charge on any atom is 0.127 e. The monoisotopic (exact) mass is 327 g/mol. The van der Waals surface area contributed by atoms with Crippen LogP contribution < -0.4 is 10.1 Å². The normalized spacial score (nSPS) is 13.7. The second-order valence-electron chi connectivity index (χ2n) is 5.30. The molecule has 0 atom stereocenters. The van der Waals surface area contributed by atoms with Crippen LogP contribution in [0.1, 0.15) is 25.0 Å². The van der Waals surface area contributed by atoms with Crippen LogP contribution in [0, 0.1) is 5.92 Å². The Morgan fingerprint density at radius 1 is 1.42 bits per heavy atom. The molecule has 4 heteroatoms. The van der Waals surface area contributed by atoms with Crippen molar-refractivity contribution >= 4 is 15.9 Å². The van der Waals surface area contributed by atoms with Crippen molar-refractivity contribution < 1.29 is 9.47 Å². The number of halogens is 1. The van der Waals surface area contributed by atoms with E-state index in [0.29, 0.717) is 5.92 Å². The lowest BCUT2D eigenvalue weighted by Gasteiger charge is -2.11. The molecule has 19 heavy (non-hydrogen) atoms. The highest BCUT2D eigenvalue weighted by Gasteiger charge is 2.16. The van der Waals surface area contributed by atoms with Gasteiger partial charge < -0.3 is 14.8 Å². The predicted molar refractivity (Wildman–Crippen MR) is 80.7 cm³/mol. The lowest BCUT2D eigenvalue weighted by atomic mass is 10.1. The van der Waals surface area contributed by atoms with Crippen molar-refractivity contribution in [2.75, 3.05) is 26.4 Å². The minimum atomic E-state index is 0.599. The zero-order chi connectivity index (χ0) is 13.7. The van der Waals surface area contributed by atoms with Gasteiger partial charge in [-0.15, -0.1) is 0 Å². The second-order valence-corrected chi connectivity index (χ2v) is 6.21. The van der Waals surface area contributed by atoms with E-state index < -0.39 is 0 Å². The van der Waals surface area contributed by atoms with Gasteiger partial charge >= 0.3 is 0 Å². The Bertz CT molecular complexity index is 421. The van der Waals surface area contributed by atoms with Gasteiger partial charge in [0.15, 0.2) is 0 Å². The van der Waals surface area contributed by atoms with Gasteiger partial charge in [0.25, 0.3) is 0 Å². The Labute approximate surface area is 123 Å². The summed E-state index contributed by atoms with van der Waals surface area (Å²) >= 11 is 3.56. The van der Waals surface area contributed by atoms with Crippen LogP contribution in [0.15, 0.2) is 16.6 Å². The first kappa shape index (κ1) is 14.8. The van der Waals surface area contributed by atoms with Crippen molar-refractivity contribution in [3.8, 4) is 5.75 Å². The molecule has 1 heterocycles. The average Bonchev–Trinajstić information content (AvgIpc) is 2.80. The standard InChI is InChI=1S/C15H22BrNO2/c1-11(2)10-18-6-4-17-9-13-8-14(16)7-12-3-5-19-15(12)13/h7-8,11,17H,3-6,9-10H2,1-2H3. The summed E-state index contributed by atoms with van der Waals surface area (Å²) < 4.78 is 12.4. The Balaban J connectivity index is 1.77. The molecule has 0 aliphatic carbocycles. The van der Waals surface area contributed by atoms with Gasteiger partial charge in [-0.2, -0.15) is 0 Å². The Morgan fingerprint density at radius 2 is 2.26 bits per heavy atom. The van der Waals surface area contributed by atoms with E-state index in [1.54, 1.807) is 0 Å². The van der Waals surface area contributed by atoms with E-state index in [2.05, 4.69) is 47.2 Å². The zero-order valence-corrected chi connectivity index (χ0v) is 13.3. The van der Waals surface area contributed by atoms with E-state index in [1.165, 1.54) is 11.1 Å².